The molecular formula is C14H15N3O4. The molecule has 1 heterocycles. The Hall–Kier alpha value is -2.70. The van der Waals surface area contributed by atoms with Crippen LogP contribution in [0.1, 0.15) is 47.3 Å². The molecule has 0 radical (unpaired) electrons. The van der Waals surface area contributed by atoms with Crippen molar-refractivity contribution in [3.8, 4) is 5.69 Å². The SMILES string of the molecule is CC(C)(C)c1c(C(=O)O)nnn1-c1ccc(C(=O)O)cc1. The zero-order chi connectivity index (χ0) is 15.8. The molecule has 21 heavy (non-hydrogen) atoms. The van der Waals surface area contributed by atoms with Gasteiger partial charge in [0.15, 0.2) is 5.69 Å². The highest BCUT2D eigenvalue weighted by molar-refractivity contribution is 5.88. The number of carboxylic acid groups (broad SMARTS) is 2. The van der Waals surface area contributed by atoms with Gasteiger partial charge in [-0.1, -0.05) is 26.0 Å². The molecule has 7 nitrogen and oxygen atoms in total. The molecule has 0 saturated carbocycles. The van der Waals surface area contributed by atoms with E-state index >= 15 is 0 Å². The van der Waals surface area contributed by atoms with E-state index in [1.54, 1.807) is 12.1 Å². The fourth-order valence-corrected chi connectivity index (χ4v) is 2.02. The highest BCUT2D eigenvalue weighted by Crippen LogP contribution is 2.27. The normalized spacial score (nSPS) is 11.4. The molecule has 0 aliphatic carbocycles. The quantitative estimate of drug-likeness (QED) is 0.894. The lowest BCUT2D eigenvalue weighted by molar-refractivity contribution is 0.0680. The van der Waals surface area contributed by atoms with Crippen molar-refractivity contribution in [1.82, 2.24) is 15.0 Å². The lowest BCUT2D eigenvalue weighted by Crippen LogP contribution is -2.21. The standard InChI is InChI=1S/C14H15N3O4/c1-14(2,3)11-10(13(20)21)15-16-17(11)9-6-4-8(5-7-9)12(18)19/h4-7H,1-3H3,(H,18,19)(H,20,21). The maximum Gasteiger partial charge on any atom is 0.358 e. The number of carboxylic acids is 2. The first-order chi connectivity index (χ1) is 9.71. The van der Waals surface area contributed by atoms with Crippen molar-refractivity contribution in [3.05, 3.63) is 41.2 Å². The first-order valence-electron chi connectivity index (χ1n) is 6.25. The molecule has 2 rings (SSSR count). The van der Waals surface area contributed by atoms with Crippen molar-refractivity contribution in [2.24, 2.45) is 0 Å². The van der Waals surface area contributed by atoms with Crippen LogP contribution in [0.3, 0.4) is 0 Å². The molecular weight excluding hydrogens is 274 g/mol. The van der Waals surface area contributed by atoms with E-state index in [1.165, 1.54) is 16.8 Å². The van der Waals surface area contributed by atoms with Crippen LogP contribution >= 0.6 is 0 Å². The minimum atomic E-state index is -1.15. The van der Waals surface area contributed by atoms with Gasteiger partial charge in [0, 0.05) is 5.41 Å². The number of nitrogens with zero attached hydrogens (tertiary/aromatic N) is 3. The van der Waals surface area contributed by atoms with Crippen molar-refractivity contribution in [2.75, 3.05) is 0 Å². The average Bonchev–Trinajstić information content (AvgIpc) is 2.83. The van der Waals surface area contributed by atoms with Gasteiger partial charge >= 0.3 is 11.9 Å². The summed E-state index contributed by atoms with van der Waals surface area (Å²) < 4.78 is 1.43. The van der Waals surface area contributed by atoms with Crippen LogP contribution in [0.2, 0.25) is 0 Å². The van der Waals surface area contributed by atoms with Crippen LogP contribution in [0.15, 0.2) is 24.3 Å². The van der Waals surface area contributed by atoms with E-state index in [4.69, 9.17) is 5.11 Å². The van der Waals surface area contributed by atoms with Crippen LogP contribution in [0.5, 0.6) is 0 Å². The monoisotopic (exact) mass is 289 g/mol. The number of benzene rings is 1. The second-order valence-corrected chi connectivity index (χ2v) is 5.61. The minimum Gasteiger partial charge on any atom is -0.478 e. The zero-order valence-corrected chi connectivity index (χ0v) is 11.9. The largest absolute Gasteiger partial charge is 0.478 e. The topological polar surface area (TPSA) is 105 Å². The van der Waals surface area contributed by atoms with E-state index < -0.39 is 17.4 Å². The van der Waals surface area contributed by atoms with Crippen molar-refractivity contribution < 1.29 is 19.8 Å². The van der Waals surface area contributed by atoms with Gasteiger partial charge in [0.2, 0.25) is 0 Å². The molecule has 1 aromatic heterocycles. The highest BCUT2D eigenvalue weighted by atomic mass is 16.4. The van der Waals surface area contributed by atoms with Crippen molar-refractivity contribution in [2.45, 2.75) is 26.2 Å². The Morgan fingerprint density at radius 3 is 2.05 bits per heavy atom. The van der Waals surface area contributed by atoms with Crippen LogP contribution in [-0.4, -0.2) is 37.1 Å². The number of aromatic carboxylic acids is 2. The molecule has 2 aromatic rings. The van der Waals surface area contributed by atoms with Gasteiger partial charge in [-0.05, 0) is 24.3 Å². The maximum atomic E-state index is 11.3. The molecule has 0 amide bonds. The van der Waals surface area contributed by atoms with E-state index in [9.17, 15) is 14.7 Å². The van der Waals surface area contributed by atoms with Gasteiger partial charge in [-0.3, -0.25) is 0 Å². The molecule has 0 aliphatic heterocycles. The summed E-state index contributed by atoms with van der Waals surface area (Å²) in [5.74, 6) is -2.17. The van der Waals surface area contributed by atoms with Crippen LogP contribution < -0.4 is 0 Å². The molecule has 2 N–H and O–H groups in total. The Bertz CT molecular complexity index is 696. The first-order valence-corrected chi connectivity index (χ1v) is 6.25. The van der Waals surface area contributed by atoms with Gasteiger partial charge < -0.3 is 10.2 Å². The fourth-order valence-electron chi connectivity index (χ4n) is 2.02. The highest BCUT2D eigenvalue weighted by Gasteiger charge is 2.29. The molecule has 0 unspecified atom stereocenters. The van der Waals surface area contributed by atoms with E-state index in [0.717, 1.165) is 0 Å². The van der Waals surface area contributed by atoms with Crippen molar-refractivity contribution >= 4 is 11.9 Å². The van der Waals surface area contributed by atoms with Crippen molar-refractivity contribution in [1.29, 1.82) is 0 Å². The van der Waals surface area contributed by atoms with Gasteiger partial charge in [-0.25, -0.2) is 14.3 Å². The van der Waals surface area contributed by atoms with Crippen LogP contribution in [0.4, 0.5) is 0 Å². The third-order valence-corrected chi connectivity index (χ3v) is 2.94. The Morgan fingerprint density at radius 1 is 1.05 bits per heavy atom. The number of aromatic nitrogens is 3. The number of hydrogen-bond acceptors (Lipinski definition) is 4. The molecule has 0 bridgehead atoms. The summed E-state index contributed by atoms with van der Waals surface area (Å²) in [5, 5.41) is 25.7. The van der Waals surface area contributed by atoms with Gasteiger partial charge in [-0.2, -0.15) is 0 Å². The Morgan fingerprint density at radius 2 is 1.62 bits per heavy atom. The van der Waals surface area contributed by atoms with Gasteiger partial charge in [-0.15, -0.1) is 5.10 Å². The molecule has 7 heteroatoms. The summed E-state index contributed by atoms with van der Waals surface area (Å²) in [6.45, 7) is 5.58. The van der Waals surface area contributed by atoms with E-state index in [0.29, 0.717) is 11.4 Å². The second kappa shape index (κ2) is 5.01. The van der Waals surface area contributed by atoms with Gasteiger partial charge in [0.05, 0.1) is 16.9 Å². The third-order valence-electron chi connectivity index (χ3n) is 2.94. The van der Waals surface area contributed by atoms with Gasteiger partial charge in [0.25, 0.3) is 0 Å². The maximum absolute atomic E-state index is 11.3. The van der Waals surface area contributed by atoms with E-state index in [1.807, 2.05) is 20.8 Å². The first kappa shape index (κ1) is 14.7. The Labute approximate surface area is 120 Å². The molecule has 0 atom stereocenters. The predicted molar refractivity (Wildman–Crippen MR) is 74.0 cm³/mol. The molecule has 0 aliphatic rings. The summed E-state index contributed by atoms with van der Waals surface area (Å²) in [7, 11) is 0. The predicted octanol–water partition coefficient (Wildman–Crippen LogP) is 1.96. The Balaban J connectivity index is 2.59. The summed E-state index contributed by atoms with van der Waals surface area (Å²) in [6, 6.07) is 6.01. The van der Waals surface area contributed by atoms with E-state index in [-0.39, 0.29) is 11.3 Å². The van der Waals surface area contributed by atoms with Gasteiger partial charge in [0.1, 0.15) is 0 Å². The summed E-state index contributed by atoms with van der Waals surface area (Å²) >= 11 is 0. The zero-order valence-electron chi connectivity index (χ0n) is 11.9. The fraction of sp³-hybridized carbons (Fsp3) is 0.286. The molecule has 0 spiro atoms. The Kier molecular flexibility index (Phi) is 3.51. The summed E-state index contributed by atoms with van der Waals surface area (Å²) in [5.41, 5.74) is 0.574. The average molecular weight is 289 g/mol. The second-order valence-electron chi connectivity index (χ2n) is 5.61. The van der Waals surface area contributed by atoms with Crippen LogP contribution in [-0.2, 0) is 5.41 Å². The number of hydrogen-bond donors (Lipinski definition) is 2. The number of rotatable bonds is 3. The smallest absolute Gasteiger partial charge is 0.358 e. The van der Waals surface area contributed by atoms with E-state index in [2.05, 4.69) is 10.3 Å². The van der Waals surface area contributed by atoms with Crippen LogP contribution in [0.25, 0.3) is 5.69 Å². The lowest BCUT2D eigenvalue weighted by atomic mass is 9.90. The molecule has 0 saturated heterocycles. The van der Waals surface area contributed by atoms with Crippen molar-refractivity contribution in [3.63, 3.8) is 0 Å². The summed E-state index contributed by atoms with van der Waals surface area (Å²) in [4.78, 5) is 22.1. The molecule has 110 valence electrons. The third kappa shape index (κ3) is 2.76. The molecule has 1 aromatic carbocycles. The van der Waals surface area contributed by atoms with Crippen LogP contribution in [0, 0.1) is 0 Å². The molecule has 0 fully saturated rings. The summed E-state index contributed by atoms with van der Waals surface area (Å²) in [6.07, 6.45) is 0. The lowest BCUT2D eigenvalue weighted by Gasteiger charge is -2.20. The number of carbonyl (C=O) groups is 2. The minimum absolute atomic E-state index is 0.107.